The normalized spacial score (nSPS) is 18.1. The van der Waals surface area contributed by atoms with Crippen LogP contribution in [0.4, 0.5) is 0 Å². The van der Waals surface area contributed by atoms with Gasteiger partial charge in [0.05, 0.1) is 11.4 Å². The summed E-state index contributed by atoms with van der Waals surface area (Å²) in [5, 5.41) is 6.42. The van der Waals surface area contributed by atoms with E-state index >= 15 is 0 Å². The SMILES string of the molecule is CC1(C)c2cccc(c2)C(C)(C)c2csc(n2)-c2nc(cs2)C(C)(C)c2cccc1c2. The van der Waals surface area contributed by atoms with E-state index in [0.29, 0.717) is 0 Å². The van der Waals surface area contributed by atoms with E-state index in [-0.39, 0.29) is 16.2 Å². The summed E-state index contributed by atoms with van der Waals surface area (Å²) >= 11 is 3.39. The van der Waals surface area contributed by atoms with Crippen LogP contribution in [0.1, 0.15) is 75.2 Å². The Morgan fingerprint density at radius 1 is 0.548 bits per heavy atom. The van der Waals surface area contributed by atoms with E-state index in [0.717, 1.165) is 21.4 Å². The molecule has 0 unspecified atom stereocenters. The molecule has 0 amide bonds. The van der Waals surface area contributed by atoms with Crippen LogP contribution in [0.15, 0.2) is 59.3 Å². The molecule has 0 atom stereocenters. The molecule has 0 N–H and O–H groups in total. The van der Waals surface area contributed by atoms with Gasteiger partial charge in [-0.15, -0.1) is 22.7 Å². The lowest BCUT2D eigenvalue weighted by Crippen LogP contribution is -2.24. The van der Waals surface area contributed by atoms with Gasteiger partial charge in [-0.2, -0.15) is 0 Å². The van der Waals surface area contributed by atoms with Crippen LogP contribution in [0, 0.1) is 0 Å². The van der Waals surface area contributed by atoms with Crippen molar-refractivity contribution in [2.45, 2.75) is 57.8 Å². The summed E-state index contributed by atoms with van der Waals surface area (Å²) in [4.78, 5) is 10.1. The molecule has 31 heavy (non-hydrogen) atoms. The lowest BCUT2D eigenvalue weighted by atomic mass is 9.73. The molecule has 5 rings (SSSR count). The first-order valence-corrected chi connectivity index (χ1v) is 12.5. The minimum Gasteiger partial charge on any atom is -0.238 e. The predicted octanol–water partition coefficient (Wildman–Crippen LogP) is 7.56. The molecule has 4 aromatic rings. The number of hydrogen-bond donors (Lipinski definition) is 0. The Labute approximate surface area is 193 Å². The maximum atomic E-state index is 5.05. The van der Waals surface area contributed by atoms with Crippen molar-refractivity contribution in [2.75, 3.05) is 0 Å². The second-order valence-electron chi connectivity index (χ2n) is 10.1. The second-order valence-corrected chi connectivity index (χ2v) is 11.8. The fourth-order valence-electron chi connectivity index (χ4n) is 4.37. The summed E-state index contributed by atoms with van der Waals surface area (Å²) in [6.07, 6.45) is 0. The van der Waals surface area contributed by atoms with Crippen LogP contribution < -0.4 is 0 Å². The highest BCUT2D eigenvalue weighted by atomic mass is 32.1. The molecule has 2 nitrogen and oxygen atoms in total. The molecular formula is C27H28N2S2. The van der Waals surface area contributed by atoms with E-state index in [9.17, 15) is 0 Å². The number of nitrogens with zero attached hydrogens (tertiary/aromatic N) is 2. The van der Waals surface area contributed by atoms with Crippen LogP contribution in [-0.2, 0) is 16.2 Å². The van der Waals surface area contributed by atoms with Gasteiger partial charge in [-0.3, -0.25) is 0 Å². The average molecular weight is 445 g/mol. The van der Waals surface area contributed by atoms with Crippen molar-refractivity contribution in [2.24, 2.45) is 0 Å². The Balaban J connectivity index is 1.82. The van der Waals surface area contributed by atoms with E-state index < -0.39 is 0 Å². The molecule has 0 radical (unpaired) electrons. The molecule has 1 aliphatic rings. The third-order valence-electron chi connectivity index (χ3n) is 7.08. The van der Waals surface area contributed by atoms with Gasteiger partial charge in [-0.25, -0.2) is 9.97 Å². The number of fused-ring (bicyclic) bond motifs is 9. The summed E-state index contributed by atoms with van der Waals surface area (Å²) in [5.41, 5.74) is 6.98. The van der Waals surface area contributed by atoms with Crippen LogP contribution in [0.3, 0.4) is 0 Å². The van der Waals surface area contributed by atoms with Crippen LogP contribution >= 0.6 is 22.7 Å². The van der Waals surface area contributed by atoms with E-state index in [1.165, 1.54) is 22.3 Å². The van der Waals surface area contributed by atoms with Gasteiger partial charge in [0, 0.05) is 27.0 Å². The Morgan fingerprint density at radius 2 is 0.903 bits per heavy atom. The van der Waals surface area contributed by atoms with Gasteiger partial charge in [0.25, 0.3) is 0 Å². The van der Waals surface area contributed by atoms with Crippen LogP contribution in [0.25, 0.3) is 10.0 Å². The van der Waals surface area contributed by atoms with Crippen molar-refractivity contribution in [3.05, 3.63) is 92.9 Å². The predicted molar refractivity (Wildman–Crippen MR) is 132 cm³/mol. The maximum absolute atomic E-state index is 5.05. The smallest absolute Gasteiger partial charge is 0.152 e. The van der Waals surface area contributed by atoms with Gasteiger partial charge < -0.3 is 0 Å². The van der Waals surface area contributed by atoms with Gasteiger partial charge in [-0.1, -0.05) is 90.1 Å². The monoisotopic (exact) mass is 444 g/mol. The van der Waals surface area contributed by atoms with Gasteiger partial charge >= 0.3 is 0 Å². The number of rotatable bonds is 0. The molecule has 2 aromatic carbocycles. The van der Waals surface area contributed by atoms with Gasteiger partial charge in [-0.05, 0) is 22.3 Å². The largest absolute Gasteiger partial charge is 0.238 e. The zero-order valence-corrected chi connectivity index (χ0v) is 20.6. The fourth-order valence-corrected chi connectivity index (χ4v) is 6.40. The van der Waals surface area contributed by atoms with Crippen molar-refractivity contribution in [1.29, 1.82) is 0 Å². The molecule has 158 valence electrons. The molecule has 0 aliphatic carbocycles. The van der Waals surface area contributed by atoms with Crippen molar-refractivity contribution in [3.8, 4) is 10.0 Å². The van der Waals surface area contributed by atoms with E-state index in [1.54, 1.807) is 22.7 Å². The maximum Gasteiger partial charge on any atom is 0.152 e. The topological polar surface area (TPSA) is 25.8 Å². The first kappa shape index (κ1) is 20.6. The van der Waals surface area contributed by atoms with Gasteiger partial charge in [0.1, 0.15) is 0 Å². The number of aromatic nitrogens is 2. The first-order valence-electron chi connectivity index (χ1n) is 10.7. The highest BCUT2D eigenvalue weighted by Gasteiger charge is 2.33. The van der Waals surface area contributed by atoms with E-state index in [4.69, 9.17) is 9.97 Å². The molecule has 3 heterocycles. The molecular weight excluding hydrogens is 416 g/mol. The minimum atomic E-state index is -0.178. The highest BCUT2D eigenvalue weighted by molar-refractivity contribution is 7.19. The first-order chi connectivity index (χ1) is 14.6. The van der Waals surface area contributed by atoms with E-state index in [2.05, 4.69) is 101 Å². The Hall–Kier alpha value is -2.30. The van der Waals surface area contributed by atoms with Crippen molar-refractivity contribution < 1.29 is 0 Å². The summed E-state index contributed by atoms with van der Waals surface area (Å²) in [6.45, 7) is 13.7. The van der Waals surface area contributed by atoms with Gasteiger partial charge in [0.2, 0.25) is 0 Å². The molecule has 8 bridgehead atoms. The molecule has 0 saturated carbocycles. The lowest BCUT2D eigenvalue weighted by molar-refractivity contribution is 0.600. The quantitative estimate of drug-likeness (QED) is 0.280. The summed E-state index contributed by atoms with van der Waals surface area (Å²) in [6, 6.07) is 18.1. The van der Waals surface area contributed by atoms with E-state index in [1.807, 2.05) is 0 Å². The standard InChI is InChI=1S/C27H28N2S2/c1-25(2)17-9-7-11-19(13-17)26(3,4)21-15-30-23(28-21)24-29-22(16-31-24)27(5,6)20-12-8-10-18(25)14-20/h7-16H,1-6H3. The molecule has 4 heteroatoms. The minimum absolute atomic E-state index is 0.112. The zero-order valence-electron chi connectivity index (χ0n) is 19.0. The fraction of sp³-hybridized carbons (Fsp3) is 0.333. The molecule has 2 aromatic heterocycles. The van der Waals surface area contributed by atoms with Crippen LogP contribution in [-0.4, -0.2) is 9.97 Å². The Kier molecular flexibility index (Phi) is 4.55. The zero-order chi connectivity index (χ0) is 22.0. The number of benzene rings is 2. The summed E-state index contributed by atoms with van der Waals surface area (Å²) in [5.74, 6) is 0. The third-order valence-corrected chi connectivity index (χ3v) is 8.91. The summed E-state index contributed by atoms with van der Waals surface area (Å²) < 4.78 is 0. The molecule has 1 aliphatic heterocycles. The van der Waals surface area contributed by atoms with Crippen LogP contribution in [0.2, 0.25) is 0 Å². The third kappa shape index (κ3) is 3.19. The van der Waals surface area contributed by atoms with Crippen molar-refractivity contribution in [3.63, 3.8) is 0 Å². The number of thiazole rings is 2. The Bertz CT molecular complexity index is 1180. The highest BCUT2D eigenvalue weighted by Crippen LogP contribution is 2.42. The number of hydrogen-bond acceptors (Lipinski definition) is 4. The van der Waals surface area contributed by atoms with Crippen molar-refractivity contribution >= 4 is 22.7 Å². The van der Waals surface area contributed by atoms with Gasteiger partial charge in [0.15, 0.2) is 10.0 Å². The van der Waals surface area contributed by atoms with Crippen LogP contribution in [0.5, 0.6) is 0 Å². The Morgan fingerprint density at radius 3 is 1.29 bits per heavy atom. The molecule has 0 spiro atoms. The second kappa shape index (κ2) is 6.85. The van der Waals surface area contributed by atoms with Crippen molar-refractivity contribution in [1.82, 2.24) is 9.97 Å². The lowest BCUT2D eigenvalue weighted by Gasteiger charge is -2.31. The molecule has 0 fully saturated rings. The average Bonchev–Trinajstić information content (AvgIpc) is 3.44. The summed E-state index contributed by atoms with van der Waals surface area (Å²) in [7, 11) is 0. The molecule has 0 saturated heterocycles.